The molecule has 0 aliphatic carbocycles. The number of rotatable bonds is 3. The van der Waals surface area contributed by atoms with E-state index in [1.807, 2.05) is 53.8 Å². The van der Waals surface area contributed by atoms with E-state index in [9.17, 15) is 0 Å². The first-order chi connectivity index (χ1) is 16.3. The smallest absolute Gasteiger partial charge is 0.187 e. The van der Waals surface area contributed by atoms with Crippen LogP contribution in [0.2, 0.25) is 0 Å². The minimum absolute atomic E-state index is 0.661. The molecular formula is C30H18N2S. The summed E-state index contributed by atoms with van der Waals surface area (Å²) in [5.74, 6) is 0. The van der Waals surface area contributed by atoms with Gasteiger partial charge in [-0.1, -0.05) is 97.1 Å². The van der Waals surface area contributed by atoms with Crippen LogP contribution in [0, 0.1) is 6.57 Å². The lowest BCUT2D eigenvalue weighted by Crippen LogP contribution is -1.87. The third-order valence-corrected chi connectivity index (χ3v) is 7.21. The fourth-order valence-electron chi connectivity index (χ4n) is 4.32. The van der Waals surface area contributed by atoms with Gasteiger partial charge in [0, 0.05) is 31.3 Å². The number of nitrogens with zero attached hydrogens (tertiary/aromatic N) is 2. The van der Waals surface area contributed by atoms with Gasteiger partial charge in [0.2, 0.25) is 0 Å². The van der Waals surface area contributed by atoms with E-state index in [-0.39, 0.29) is 0 Å². The van der Waals surface area contributed by atoms with Crippen LogP contribution in [0.15, 0.2) is 109 Å². The molecule has 0 aliphatic heterocycles. The van der Waals surface area contributed by atoms with Gasteiger partial charge in [0.15, 0.2) is 5.69 Å². The molecule has 2 nitrogen and oxygen atoms in total. The first-order valence-corrected chi connectivity index (χ1v) is 11.6. The molecule has 2 heterocycles. The summed E-state index contributed by atoms with van der Waals surface area (Å²) in [6.07, 6.45) is 0. The number of benzene rings is 4. The lowest BCUT2D eigenvalue weighted by molar-refractivity contribution is 1.33. The summed E-state index contributed by atoms with van der Waals surface area (Å²) >= 11 is 1.82. The zero-order valence-electron chi connectivity index (χ0n) is 17.7. The minimum atomic E-state index is 0.661. The molecule has 6 rings (SSSR count). The Bertz CT molecular complexity index is 1660. The van der Waals surface area contributed by atoms with Crippen molar-refractivity contribution < 1.29 is 0 Å². The fourth-order valence-corrected chi connectivity index (χ4v) is 5.68. The third-order valence-electron chi connectivity index (χ3n) is 5.93. The number of thiophene rings is 1. The molecule has 0 spiro atoms. The van der Waals surface area contributed by atoms with Gasteiger partial charge in [-0.25, -0.2) is 9.83 Å². The van der Waals surface area contributed by atoms with Crippen LogP contribution in [0.4, 0.5) is 5.69 Å². The van der Waals surface area contributed by atoms with Crippen LogP contribution in [0.5, 0.6) is 0 Å². The number of aromatic nitrogens is 1. The van der Waals surface area contributed by atoms with Crippen LogP contribution in [0.1, 0.15) is 0 Å². The third kappa shape index (κ3) is 3.38. The first kappa shape index (κ1) is 19.4. The van der Waals surface area contributed by atoms with E-state index in [1.165, 1.54) is 25.7 Å². The molecule has 0 bridgehead atoms. The molecule has 3 heteroatoms. The molecule has 0 atom stereocenters. The topological polar surface area (TPSA) is 17.2 Å². The number of fused-ring (bicyclic) bond motifs is 3. The lowest BCUT2D eigenvalue weighted by Gasteiger charge is -2.06. The van der Waals surface area contributed by atoms with Gasteiger partial charge in [-0.3, -0.25) is 0 Å². The summed E-state index contributed by atoms with van der Waals surface area (Å²) in [5, 5.41) is 2.50. The van der Waals surface area contributed by atoms with E-state index < -0.39 is 0 Å². The highest BCUT2D eigenvalue weighted by molar-refractivity contribution is 7.26. The van der Waals surface area contributed by atoms with E-state index in [2.05, 4.69) is 71.6 Å². The van der Waals surface area contributed by atoms with Crippen molar-refractivity contribution in [1.29, 1.82) is 0 Å². The van der Waals surface area contributed by atoms with Crippen LogP contribution in [0.25, 0.3) is 58.7 Å². The molecule has 0 amide bonds. The van der Waals surface area contributed by atoms with E-state index in [0.717, 1.165) is 28.1 Å². The molecule has 0 radical (unpaired) electrons. The number of hydrogen-bond donors (Lipinski definition) is 0. The van der Waals surface area contributed by atoms with Crippen molar-refractivity contribution in [2.24, 2.45) is 0 Å². The Hall–Kier alpha value is -4.26. The molecule has 0 N–H and O–H groups in total. The monoisotopic (exact) mass is 438 g/mol. The highest BCUT2D eigenvalue weighted by Crippen LogP contribution is 2.43. The van der Waals surface area contributed by atoms with Crippen molar-refractivity contribution >= 4 is 37.2 Å². The lowest BCUT2D eigenvalue weighted by atomic mass is 10.0. The maximum absolute atomic E-state index is 7.22. The van der Waals surface area contributed by atoms with Crippen molar-refractivity contribution in [2.75, 3.05) is 0 Å². The summed E-state index contributed by atoms with van der Waals surface area (Å²) < 4.78 is 2.50. The van der Waals surface area contributed by atoms with Crippen molar-refractivity contribution in [1.82, 2.24) is 4.98 Å². The Morgan fingerprint density at radius 2 is 1.18 bits per heavy atom. The Morgan fingerprint density at radius 3 is 1.91 bits per heavy atom. The molecule has 33 heavy (non-hydrogen) atoms. The molecule has 2 aromatic heterocycles. The largest absolute Gasteiger partial charge is 0.248 e. The normalized spacial score (nSPS) is 11.0. The Labute approximate surface area is 196 Å². The van der Waals surface area contributed by atoms with E-state index >= 15 is 0 Å². The van der Waals surface area contributed by atoms with Crippen molar-refractivity contribution in [2.45, 2.75) is 0 Å². The predicted octanol–water partition coefficient (Wildman–Crippen LogP) is 9.00. The molecule has 0 saturated heterocycles. The van der Waals surface area contributed by atoms with E-state index in [0.29, 0.717) is 5.69 Å². The second kappa shape index (κ2) is 8.02. The summed E-state index contributed by atoms with van der Waals surface area (Å²) in [5.41, 5.74) is 7.22. The van der Waals surface area contributed by atoms with Gasteiger partial charge in [0.05, 0.1) is 18.0 Å². The van der Waals surface area contributed by atoms with Gasteiger partial charge >= 0.3 is 0 Å². The Morgan fingerprint density at radius 1 is 0.545 bits per heavy atom. The van der Waals surface area contributed by atoms with Crippen molar-refractivity contribution in [3.8, 4) is 33.6 Å². The van der Waals surface area contributed by atoms with Crippen LogP contribution >= 0.6 is 11.3 Å². The average Bonchev–Trinajstić information content (AvgIpc) is 3.28. The molecule has 6 aromatic rings. The fraction of sp³-hybridized carbons (Fsp3) is 0. The van der Waals surface area contributed by atoms with Gasteiger partial charge in [-0.05, 0) is 23.3 Å². The molecule has 154 valence electrons. The zero-order valence-corrected chi connectivity index (χ0v) is 18.5. The molecule has 0 unspecified atom stereocenters. The number of hydrogen-bond acceptors (Lipinski definition) is 2. The van der Waals surface area contributed by atoms with E-state index in [1.54, 1.807) is 0 Å². The summed E-state index contributed by atoms with van der Waals surface area (Å²) in [7, 11) is 0. The minimum Gasteiger partial charge on any atom is -0.248 e. The Kier molecular flexibility index (Phi) is 4.72. The molecular weight excluding hydrogens is 420 g/mol. The SMILES string of the molecule is [C-]#[N+]c1ccc(-c2cccc3c2sc2c(-c4cccc(-c5ccccc5)n4)cccc23)cc1. The molecule has 0 saturated carbocycles. The van der Waals surface area contributed by atoms with Gasteiger partial charge in [-0.15, -0.1) is 11.3 Å². The summed E-state index contributed by atoms with van der Waals surface area (Å²) in [4.78, 5) is 8.53. The molecule has 0 aliphatic rings. The first-order valence-electron chi connectivity index (χ1n) is 10.8. The molecule has 0 fully saturated rings. The summed E-state index contributed by atoms with van der Waals surface area (Å²) in [6, 6.07) is 37.4. The maximum Gasteiger partial charge on any atom is 0.187 e. The highest BCUT2D eigenvalue weighted by Gasteiger charge is 2.14. The summed E-state index contributed by atoms with van der Waals surface area (Å²) in [6.45, 7) is 7.22. The average molecular weight is 439 g/mol. The number of pyridine rings is 1. The van der Waals surface area contributed by atoms with Crippen molar-refractivity contribution in [3.05, 3.63) is 121 Å². The van der Waals surface area contributed by atoms with Gasteiger partial charge in [0.1, 0.15) is 0 Å². The second-order valence-electron chi connectivity index (χ2n) is 7.90. The Balaban J connectivity index is 1.55. The van der Waals surface area contributed by atoms with Gasteiger partial charge in [0.25, 0.3) is 0 Å². The van der Waals surface area contributed by atoms with Gasteiger partial charge < -0.3 is 0 Å². The van der Waals surface area contributed by atoms with Crippen LogP contribution in [-0.4, -0.2) is 4.98 Å². The van der Waals surface area contributed by atoms with Gasteiger partial charge in [-0.2, -0.15) is 0 Å². The molecule has 4 aromatic carbocycles. The second-order valence-corrected chi connectivity index (χ2v) is 8.92. The van der Waals surface area contributed by atoms with Crippen LogP contribution in [-0.2, 0) is 0 Å². The maximum atomic E-state index is 7.22. The standard InChI is InChI=1S/C30H18N2S/c1-31-22-18-16-20(17-19-22)23-10-5-11-24-25-12-6-13-26(30(25)33-29(23)24)28-15-7-14-27(32-28)21-8-3-2-4-9-21/h2-19H. The van der Waals surface area contributed by atoms with E-state index in [4.69, 9.17) is 11.6 Å². The van der Waals surface area contributed by atoms with Crippen molar-refractivity contribution in [3.63, 3.8) is 0 Å². The van der Waals surface area contributed by atoms with Crippen LogP contribution < -0.4 is 0 Å². The highest BCUT2D eigenvalue weighted by atomic mass is 32.1. The van der Waals surface area contributed by atoms with Crippen LogP contribution in [0.3, 0.4) is 0 Å². The zero-order chi connectivity index (χ0) is 22.2. The quantitative estimate of drug-likeness (QED) is 0.252. The predicted molar refractivity (Wildman–Crippen MR) is 140 cm³/mol.